The van der Waals surface area contributed by atoms with Gasteiger partial charge in [0.1, 0.15) is 0 Å². The first-order valence-electron chi connectivity index (χ1n) is 6.31. The second-order valence-corrected chi connectivity index (χ2v) is 4.84. The van der Waals surface area contributed by atoms with Crippen molar-refractivity contribution in [2.45, 2.75) is 26.7 Å². The second-order valence-electron chi connectivity index (χ2n) is 4.84. The van der Waals surface area contributed by atoms with E-state index in [1.165, 1.54) is 12.8 Å². The van der Waals surface area contributed by atoms with Crippen molar-refractivity contribution in [2.24, 2.45) is 17.8 Å². The fourth-order valence-corrected chi connectivity index (χ4v) is 2.83. The molecule has 3 atom stereocenters. The van der Waals surface area contributed by atoms with Gasteiger partial charge in [-0.05, 0) is 43.7 Å². The number of hydrogen-bond donors (Lipinski definition) is 0. The first kappa shape index (κ1) is 11.2. The van der Waals surface area contributed by atoms with Crippen LogP contribution in [0, 0.1) is 17.8 Å². The molecule has 0 N–H and O–H groups in total. The standard InChI is InChI=1S/C13H23NO/c1-3-14(4-2)10-15-9-13-8-11-5-6-12(13)7-11/h5-6,11-13H,3-4,7-10H2,1-2H3. The van der Waals surface area contributed by atoms with Gasteiger partial charge in [0.15, 0.2) is 0 Å². The minimum atomic E-state index is 0.801. The smallest absolute Gasteiger partial charge is 0.0990 e. The first-order valence-corrected chi connectivity index (χ1v) is 6.31. The predicted octanol–water partition coefficient (Wildman–Crippen LogP) is 2.51. The molecule has 0 heterocycles. The van der Waals surface area contributed by atoms with Gasteiger partial charge in [0.25, 0.3) is 0 Å². The molecule has 1 fully saturated rings. The number of fused-ring (bicyclic) bond motifs is 2. The molecule has 0 aliphatic heterocycles. The summed E-state index contributed by atoms with van der Waals surface area (Å²) in [5, 5.41) is 0. The van der Waals surface area contributed by atoms with Crippen LogP contribution >= 0.6 is 0 Å². The summed E-state index contributed by atoms with van der Waals surface area (Å²) in [6.45, 7) is 8.33. The molecule has 0 saturated heterocycles. The molecule has 86 valence electrons. The Hall–Kier alpha value is -0.340. The Labute approximate surface area is 93.3 Å². The molecule has 2 aliphatic carbocycles. The Bertz CT molecular complexity index is 223. The Morgan fingerprint density at radius 1 is 1.20 bits per heavy atom. The summed E-state index contributed by atoms with van der Waals surface area (Å²) in [4.78, 5) is 2.32. The molecule has 0 aromatic heterocycles. The summed E-state index contributed by atoms with van der Waals surface area (Å²) in [5.74, 6) is 2.50. The lowest BCUT2D eigenvalue weighted by molar-refractivity contribution is 0.0113. The van der Waals surface area contributed by atoms with E-state index >= 15 is 0 Å². The van der Waals surface area contributed by atoms with Gasteiger partial charge in [-0.1, -0.05) is 26.0 Å². The van der Waals surface area contributed by atoms with Crippen LogP contribution in [-0.2, 0) is 4.74 Å². The van der Waals surface area contributed by atoms with E-state index in [0.29, 0.717) is 0 Å². The van der Waals surface area contributed by atoms with Crippen LogP contribution in [0.15, 0.2) is 12.2 Å². The number of ether oxygens (including phenoxy) is 1. The Morgan fingerprint density at radius 2 is 2.00 bits per heavy atom. The third kappa shape index (κ3) is 2.61. The summed E-state index contributed by atoms with van der Waals surface area (Å²) in [5.41, 5.74) is 0. The van der Waals surface area contributed by atoms with E-state index in [4.69, 9.17) is 4.74 Å². The first-order chi connectivity index (χ1) is 7.33. The maximum Gasteiger partial charge on any atom is 0.0990 e. The highest BCUT2D eigenvalue weighted by atomic mass is 16.5. The van der Waals surface area contributed by atoms with Crippen molar-refractivity contribution < 1.29 is 4.74 Å². The van der Waals surface area contributed by atoms with E-state index in [1.807, 2.05) is 0 Å². The molecule has 2 bridgehead atoms. The van der Waals surface area contributed by atoms with Crippen molar-refractivity contribution in [1.82, 2.24) is 4.90 Å². The Morgan fingerprint density at radius 3 is 2.53 bits per heavy atom. The minimum absolute atomic E-state index is 0.801. The topological polar surface area (TPSA) is 12.5 Å². The van der Waals surface area contributed by atoms with Gasteiger partial charge in [-0.2, -0.15) is 0 Å². The van der Waals surface area contributed by atoms with Crippen molar-refractivity contribution in [3.63, 3.8) is 0 Å². The second kappa shape index (κ2) is 5.13. The van der Waals surface area contributed by atoms with Crippen molar-refractivity contribution >= 4 is 0 Å². The van der Waals surface area contributed by atoms with Crippen LogP contribution < -0.4 is 0 Å². The summed E-state index contributed by atoms with van der Waals surface area (Å²) >= 11 is 0. The van der Waals surface area contributed by atoms with Crippen LogP contribution in [-0.4, -0.2) is 31.3 Å². The molecule has 0 radical (unpaired) electrons. The van der Waals surface area contributed by atoms with Gasteiger partial charge in [-0.3, -0.25) is 4.90 Å². The maximum atomic E-state index is 5.81. The van der Waals surface area contributed by atoms with Crippen molar-refractivity contribution in [2.75, 3.05) is 26.4 Å². The van der Waals surface area contributed by atoms with Crippen LogP contribution in [0.2, 0.25) is 0 Å². The average molecular weight is 209 g/mol. The van der Waals surface area contributed by atoms with Crippen molar-refractivity contribution in [3.05, 3.63) is 12.2 Å². The van der Waals surface area contributed by atoms with Gasteiger partial charge >= 0.3 is 0 Å². The van der Waals surface area contributed by atoms with Gasteiger partial charge in [0.2, 0.25) is 0 Å². The van der Waals surface area contributed by atoms with Gasteiger partial charge in [-0.25, -0.2) is 0 Å². The molecule has 2 heteroatoms. The van der Waals surface area contributed by atoms with E-state index in [1.54, 1.807) is 0 Å². The van der Waals surface area contributed by atoms with Gasteiger partial charge in [-0.15, -0.1) is 0 Å². The molecule has 1 saturated carbocycles. The lowest BCUT2D eigenvalue weighted by Gasteiger charge is -2.22. The molecule has 0 amide bonds. The van der Waals surface area contributed by atoms with Crippen molar-refractivity contribution in [1.29, 1.82) is 0 Å². The van der Waals surface area contributed by atoms with E-state index < -0.39 is 0 Å². The van der Waals surface area contributed by atoms with Gasteiger partial charge < -0.3 is 4.74 Å². The van der Waals surface area contributed by atoms with Crippen LogP contribution in [0.1, 0.15) is 26.7 Å². The SMILES string of the molecule is CCN(CC)COCC1CC2C=CC1C2. The van der Waals surface area contributed by atoms with E-state index in [2.05, 4.69) is 30.9 Å². The zero-order valence-electron chi connectivity index (χ0n) is 9.98. The molecule has 15 heavy (non-hydrogen) atoms. The highest BCUT2D eigenvalue weighted by Gasteiger charge is 2.35. The summed E-state index contributed by atoms with van der Waals surface area (Å²) < 4.78 is 5.81. The fourth-order valence-electron chi connectivity index (χ4n) is 2.83. The highest BCUT2D eigenvalue weighted by molar-refractivity contribution is 5.09. The number of allylic oxidation sites excluding steroid dienone is 2. The lowest BCUT2D eigenvalue weighted by atomic mass is 9.95. The van der Waals surface area contributed by atoms with Gasteiger partial charge in [0.05, 0.1) is 13.3 Å². The third-order valence-corrected chi connectivity index (χ3v) is 3.92. The van der Waals surface area contributed by atoms with Crippen LogP contribution in [0.4, 0.5) is 0 Å². The molecule has 0 aromatic rings. The number of rotatable bonds is 6. The summed E-state index contributed by atoms with van der Waals surface area (Å²) in [6.07, 6.45) is 7.55. The van der Waals surface area contributed by atoms with Crippen molar-refractivity contribution in [3.8, 4) is 0 Å². The van der Waals surface area contributed by atoms with Crippen LogP contribution in [0.25, 0.3) is 0 Å². The molecule has 3 unspecified atom stereocenters. The molecular formula is C13H23NO. The Kier molecular flexibility index (Phi) is 3.81. The third-order valence-electron chi connectivity index (χ3n) is 3.92. The highest BCUT2D eigenvalue weighted by Crippen LogP contribution is 2.43. The number of nitrogens with zero attached hydrogens (tertiary/aromatic N) is 1. The monoisotopic (exact) mass is 209 g/mol. The van der Waals surface area contributed by atoms with Crippen LogP contribution in [0.3, 0.4) is 0 Å². The zero-order valence-corrected chi connectivity index (χ0v) is 9.98. The largest absolute Gasteiger partial charge is 0.366 e. The maximum absolute atomic E-state index is 5.81. The quantitative estimate of drug-likeness (QED) is 0.492. The predicted molar refractivity (Wildman–Crippen MR) is 62.6 cm³/mol. The minimum Gasteiger partial charge on any atom is -0.366 e. The van der Waals surface area contributed by atoms with E-state index in [0.717, 1.165) is 44.2 Å². The number of hydrogen-bond acceptors (Lipinski definition) is 2. The average Bonchev–Trinajstić information content (AvgIpc) is 2.86. The molecule has 0 aromatic carbocycles. The summed E-state index contributed by atoms with van der Waals surface area (Å²) in [6, 6.07) is 0. The molecule has 2 aliphatic rings. The normalized spacial score (nSPS) is 33.1. The van der Waals surface area contributed by atoms with E-state index in [-0.39, 0.29) is 0 Å². The fraction of sp³-hybridized carbons (Fsp3) is 0.846. The molecule has 2 rings (SSSR count). The summed E-state index contributed by atoms with van der Waals surface area (Å²) in [7, 11) is 0. The lowest BCUT2D eigenvalue weighted by Crippen LogP contribution is -2.27. The molecular weight excluding hydrogens is 186 g/mol. The Balaban J connectivity index is 1.64. The van der Waals surface area contributed by atoms with Gasteiger partial charge in [0, 0.05) is 0 Å². The van der Waals surface area contributed by atoms with E-state index in [9.17, 15) is 0 Å². The zero-order chi connectivity index (χ0) is 10.7. The molecule has 2 nitrogen and oxygen atoms in total. The molecule has 0 spiro atoms. The van der Waals surface area contributed by atoms with Crippen LogP contribution in [0.5, 0.6) is 0 Å².